The van der Waals surface area contributed by atoms with Crippen LogP contribution in [0.15, 0.2) is 6.20 Å². The lowest BCUT2D eigenvalue weighted by molar-refractivity contribution is 0.278. The van der Waals surface area contributed by atoms with Gasteiger partial charge in [0.15, 0.2) is 0 Å². The molecule has 0 aliphatic rings. The summed E-state index contributed by atoms with van der Waals surface area (Å²) in [7, 11) is 0. The average Bonchev–Trinajstić information content (AvgIpc) is 2.34. The zero-order valence-corrected chi connectivity index (χ0v) is 10.7. The quantitative estimate of drug-likeness (QED) is 0.634. The van der Waals surface area contributed by atoms with E-state index in [1.54, 1.807) is 13.1 Å². The highest BCUT2D eigenvalue weighted by atomic mass is 16.3. The number of aryl methyl sites for hydroxylation is 1. The molecule has 0 aromatic carbocycles. The number of nitrogens with zero attached hydrogens (tertiary/aromatic N) is 1. The van der Waals surface area contributed by atoms with Crippen molar-refractivity contribution >= 4 is 0 Å². The number of hydrogen-bond acceptors (Lipinski definition) is 4. The molecule has 0 atom stereocenters. The van der Waals surface area contributed by atoms with Crippen molar-refractivity contribution in [3.8, 4) is 5.75 Å². The minimum atomic E-state index is -0.0905. The van der Waals surface area contributed by atoms with Crippen molar-refractivity contribution in [2.45, 2.75) is 46.3 Å². The number of rotatable bonds is 7. The van der Waals surface area contributed by atoms with Crippen LogP contribution in [0.1, 0.15) is 43.0 Å². The Labute approximate surface area is 103 Å². The smallest absolute Gasteiger partial charge is 0.141 e. The lowest BCUT2D eigenvalue weighted by Crippen LogP contribution is -2.16. The van der Waals surface area contributed by atoms with Crippen molar-refractivity contribution in [3.63, 3.8) is 0 Å². The van der Waals surface area contributed by atoms with E-state index in [9.17, 15) is 10.2 Å². The van der Waals surface area contributed by atoms with Gasteiger partial charge in [-0.2, -0.15) is 0 Å². The SMILES string of the molecule is CCCCCNCc1c(CO)cnc(C)c1O. The Hall–Kier alpha value is -1.13. The third-order valence-electron chi connectivity index (χ3n) is 2.86. The topological polar surface area (TPSA) is 65.4 Å². The third kappa shape index (κ3) is 3.98. The van der Waals surface area contributed by atoms with Gasteiger partial charge >= 0.3 is 0 Å². The Bertz CT molecular complexity index is 354. The van der Waals surface area contributed by atoms with Crippen LogP contribution in [0.25, 0.3) is 0 Å². The van der Waals surface area contributed by atoms with Gasteiger partial charge in [-0.3, -0.25) is 4.98 Å². The zero-order valence-electron chi connectivity index (χ0n) is 10.7. The lowest BCUT2D eigenvalue weighted by Gasteiger charge is -2.12. The monoisotopic (exact) mass is 238 g/mol. The van der Waals surface area contributed by atoms with Crippen molar-refractivity contribution in [2.24, 2.45) is 0 Å². The number of unbranched alkanes of at least 4 members (excludes halogenated alkanes) is 2. The maximum Gasteiger partial charge on any atom is 0.141 e. The fraction of sp³-hybridized carbons (Fsp3) is 0.615. The molecule has 4 heteroatoms. The van der Waals surface area contributed by atoms with E-state index in [-0.39, 0.29) is 12.4 Å². The highest BCUT2D eigenvalue weighted by Gasteiger charge is 2.10. The summed E-state index contributed by atoms with van der Waals surface area (Å²) in [5.41, 5.74) is 2.06. The van der Waals surface area contributed by atoms with Gasteiger partial charge in [0.25, 0.3) is 0 Å². The molecule has 3 N–H and O–H groups in total. The molecule has 4 nitrogen and oxygen atoms in total. The van der Waals surface area contributed by atoms with Gasteiger partial charge in [-0.05, 0) is 19.9 Å². The van der Waals surface area contributed by atoms with E-state index < -0.39 is 0 Å². The van der Waals surface area contributed by atoms with Crippen LogP contribution in [0.5, 0.6) is 5.75 Å². The molecule has 0 fully saturated rings. The Morgan fingerprint density at radius 2 is 2.12 bits per heavy atom. The summed E-state index contributed by atoms with van der Waals surface area (Å²) in [6.07, 6.45) is 5.16. The number of aliphatic hydroxyl groups is 1. The van der Waals surface area contributed by atoms with Crippen LogP contribution in [-0.2, 0) is 13.2 Å². The number of aliphatic hydroxyl groups excluding tert-OH is 1. The van der Waals surface area contributed by atoms with Gasteiger partial charge in [-0.1, -0.05) is 19.8 Å². The molecule has 0 aliphatic carbocycles. The zero-order chi connectivity index (χ0) is 12.7. The number of aromatic hydroxyl groups is 1. The fourth-order valence-corrected chi connectivity index (χ4v) is 1.73. The van der Waals surface area contributed by atoms with E-state index in [2.05, 4.69) is 17.2 Å². The number of nitrogens with one attached hydrogen (secondary N) is 1. The van der Waals surface area contributed by atoms with Gasteiger partial charge in [0, 0.05) is 23.9 Å². The molecule has 0 spiro atoms. The Morgan fingerprint density at radius 3 is 2.76 bits per heavy atom. The summed E-state index contributed by atoms with van der Waals surface area (Å²) in [4.78, 5) is 4.03. The van der Waals surface area contributed by atoms with Crippen molar-refractivity contribution in [3.05, 3.63) is 23.0 Å². The molecule has 96 valence electrons. The van der Waals surface area contributed by atoms with Gasteiger partial charge in [-0.25, -0.2) is 0 Å². The highest BCUT2D eigenvalue weighted by Crippen LogP contribution is 2.23. The molecule has 0 radical (unpaired) electrons. The first-order chi connectivity index (χ1) is 8.20. The van der Waals surface area contributed by atoms with Gasteiger partial charge in [0.05, 0.1) is 12.3 Å². The van der Waals surface area contributed by atoms with E-state index >= 15 is 0 Å². The molecular weight excluding hydrogens is 216 g/mol. The summed E-state index contributed by atoms with van der Waals surface area (Å²) in [5.74, 6) is 0.194. The maximum absolute atomic E-state index is 9.90. The normalized spacial score (nSPS) is 10.8. The molecule has 0 saturated carbocycles. The Kier molecular flexibility index (Phi) is 5.94. The predicted octanol–water partition coefficient (Wildman–Crippen LogP) is 1.87. The van der Waals surface area contributed by atoms with Crippen LogP contribution in [0.2, 0.25) is 0 Å². The lowest BCUT2D eigenvalue weighted by atomic mass is 10.1. The summed E-state index contributed by atoms with van der Waals surface area (Å²) < 4.78 is 0. The number of pyridine rings is 1. The average molecular weight is 238 g/mol. The van der Waals surface area contributed by atoms with Gasteiger partial charge in [0.2, 0.25) is 0 Å². The van der Waals surface area contributed by atoms with Gasteiger partial charge in [0.1, 0.15) is 5.75 Å². The van der Waals surface area contributed by atoms with Crippen LogP contribution in [0, 0.1) is 6.92 Å². The molecular formula is C13H22N2O2. The number of aromatic nitrogens is 1. The van der Waals surface area contributed by atoms with E-state index in [4.69, 9.17) is 0 Å². The molecule has 1 aromatic rings. The van der Waals surface area contributed by atoms with Gasteiger partial charge < -0.3 is 15.5 Å². The molecule has 0 amide bonds. The maximum atomic E-state index is 9.90. The van der Waals surface area contributed by atoms with Crippen molar-refractivity contribution in [2.75, 3.05) is 6.54 Å². The highest BCUT2D eigenvalue weighted by molar-refractivity contribution is 5.40. The first kappa shape index (κ1) is 13.9. The van der Waals surface area contributed by atoms with Crippen LogP contribution < -0.4 is 5.32 Å². The summed E-state index contributed by atoms with van der Waals surface area (Å²) in [6, 6.07) is 0. The first-order valence-corrected chi connectivity index (χ1v) is 6.18. The van der Waals surface area contributed by atoms with E-state index in [0.717, 1.165) is 18.5 Å². The molecule has 1 heterocycles. The first-order valence-electron chi connectivity index (χ1n) is 6.18. The summed E-state index contributed by atoms with van der Waals surface area (Å²) in [5, 5.41) is 22.4. The minimum absolute atomic E-state index is 0.0905. The van der Waals surface area contributed by atoms with E-state index in [1.165, 1.54) is 12.8 Å². The molecule has 0 unspecified atom stereocenters. The predicted molar refractivity (Wildman–Crippen MR) is 67.8 cm³/mol. The largest absolute Gasteiger partial charge is 0.506 e. The summed E-state index contributed by atoms with van der Waals surface area (Å²) >= 11 is 0. The molecule has 1 aromatic heterocycles. The van der Waals surface area contributed by atoms with Crippen molar-refractivity contribution in [1.29, 1.82) is 0 Å². The minimum Gasteiger partial charge on any atom is -0.506 e. The van der Waals surface area contributed by atoms with Crippen LogP contribution in [0.3, 0.4) is 0 Å². The van der Waals surface area contributed by atoms with Crippen molar-refractivity contribution in [1.82, 2.24) is 10.3 Å². The van der Waals surface area contributed by atoms with Gasteiger partial charge in [-0.15, -0.1) is 0 Å². The second-order valence-corrected chi connectivity index (χ2v) is 4.24. The Balaban J connectivity index is 2.59. The van der Waals surface area contributed by atoms with E-state index in [0.29, 0.717) is 17.8 Å². The molecule has 0 bridgehead atoms. The standard InChI is InChI=1S/C13H22N2O2/c1-3-4-5-6-14-8-12-11(9-16)7-15-10(2)13(12)17/h7,14,16-17H,3-6,8-9H2,1-2H3. The van der Waals surface area contributed by atoms with Crippen LogP contribution in [-0.4, -0.2) is 21.7 Å². The number of hydrogen-bond donors (Lipinski definition) is 3. The van der Waals surface area contributed by atoms with Crippen LogP contribution >= 0.6 is 0 Å². The fourth-order valence-electron chi connectivity index (χ4n) is 1.73. The third-order valence-corrected chi connectivity index (χ3v) is 2.86. The molecule has 17 heavy (non-hydrogen) atoms. The Morgan fingerprint density at radius 1 is 1.35 bits per heavy atom. The molecule has 0 aliphatic heterocycles. The van der Waals surface area contributed by atoms with E-state index in [1.807, 2.05) is 0 Å². The second kappa shape index (κ2) is 7.25. The molecule has 1 rings (SSSR count). The van der Waals surface area contributed by atoms with Crippen LogP contribution in [0.4, 0.5) is 0 Å². The molecule has 0 saturated heterocycles. The van der Waals surface area contributed by atoms with Crippen molar-refractivity contribution < 1.29 is 10.2 Å². The summed E-state index contributed by atoms with van der Waals surface area (Å²) in [6.45, 7) is 5.35. The second-order valence-electron chi connectivity index (χ2n) is 4.24.